The number of aromatic nitrogens is 4. The van der Waals surface area contributed by atoms with Crippen LogP contribution in [0.5, 0.6) is 0 Å². The van der Waals surface area contributed by atoms with Crippen LogP contribution in [0.1, 0.15) is 123 Å². The first kappa shape index (κ1) is 45.6. The van der Waals surface area contributed by atoms with E-state index in [1.807, 2.05) is 13.8 Å². The number of Topliss-reactive ketones (excluding diaryl/α,β-unsaturated/α-hetero) is 1. The van der Waals surface area contributed by atoms with Crippen molar-refractivity contribution in [3.8, 4) is 6.07 Å². The molecule has 0 amide bonds. The van der Waals surface area contributed by atoms with E-state index < -0.39 is 55.6 Å². The van der Waals surface area contributed by atoms with E-state index in [0.717, 1.165) is 0 Å². The SMILES string of the molecule is CCC(=O)CCC(=O)O[C@@H]1C[C@H](n2cc(C)c(=O)[nH]c2=O)O[C@@H]1CC.CC[C@H]1O[C@@H](n2cc(C)c(=O)[nH]c2=O)C[C@H]1OP(OCCC#N)N(C(C)C)C(C)C. The maximum atomic E-state index is 12.3. The van der Waals surface area contributed by atoms with Gasteiger partial charge in [0.2, 0.25) is 0 Å². The van der Waals surface area contributed by atoms with Gasteiger partial charge in [-0.05, 0) is 54.4 Å². The van der Waals surface area contributed by atoms with Crippen molar-refractivity contribution in [3.05, 3.63) is 65.2 Å². The van der Waals surface area contributed by atoms with Gasteiger partial charge in [0.05, 0.1) is 43.8 Å². The summed E-state index contributed by atoms with van der Waals surface area (Å²) in [6.45, 7) is 17.5. The van der Waals surface area contributed by atoms with E-state index in [1.165, 1.54) is 21.5 Å². The highest BCUT2D eigenvalue weighted by molar-refractivity contribution is 7.44. The van der Waals surface area contributed by atoms with Crippen LogP contribution in [0.15, 0.2) is 31.6 Å². The first-order valence-corrected chi connectivity index (χ1v) is 20.1. The summed E-state index contributed by atoms with van der Waals surface area (Å²) in [4.78, 5) is 75.3. The minimum atomic E-state index is -1.41. The lowest BCUT2D eigenvalue weighted by Crippen LogP contribution is -2.35. The first-order valence-electron chi connectivity index (χ1n) is 19.0. The lowest BCUT2D eigenvalue weighted by molar-refractivity contribution is -0.152. The van der Waals surface area contributed by atoms with Crippen LogP contribution in [0.4, 0.5) is 0 Å². The zero-order valence-electron chi connectivity index (χ0n) is 33.4. The molecule has 2 fully saturated rings. The number of H-pyrrole nitrogens is 2. The molecule has 2 N–H and O–H groups in total. The molecule has 2 aliphatic heterocycles. The largest absolute Gasteiger partial charge is 0.459 e. The van der Waals surface area contributed by atoms with E-state index in [1.54, 1.807) is 20.8 Å². The Labute approximate surface area is 322 Å². The summed E-state index contributed by atoms with van der Waals surface area (Å²) < 4.78 is 34.7. The van der Waals surface area contributed by atoms with Crippen LogP contribution in [0.3, 0.4) is 0 Å². The number of hydrogen-bond acceptors (Lipinski definition) is 13. The quantitative estimate of drug-likeness (QED) is 0.129. The molecule has 0 aromatic carbocycles. The summed E-state index contributed by atoms with van der Waals surface area (Å²) in [5.41, 5.74) is -1.04. The summed E-state index contributed by atoms with van der Waals surface area (Å²) in [5, 5.41) is 8.87. The molecule has 2 aliphatic rings. The molecule has 2 aromatic rings. The second-order valence-electron chi connectivity index (χ2n) is 14.1. The van der Waals surface area contributed by atoms with Gasteiger partial charge in [0.15, 0.2) is 0 Å². The number of esters is 1. The van der Waals surface area contributed by atoms with Gasteiger partial charge in [-0.2, -0.15) is 5.26 Å². The van der Waals surface area contributed by atoms with Crippen molar-refractivity contribution < 1.29 is 32.8 Å². The van der Waals surface area contributed by atoms with Crippen LogP contribution in [0.2, 0.25) is 0 Å². The predicted molar refractivity (Wildman–Crippen MR) is 204 cm³/mol. The smallest absolute Gasteiger partial charge is 0.330 e. The molecule has 7 atom stereocenters. The molecule has 18 heteroatoms. The number of ether oxygens (including phenoxy) is 3. The number of nitrogens with one attached hydrogen (secondary N) is 2. The Morgan fingerprint density at radius 2 is 1.36 bits per heavy atom. The van der Waals surface area contributed by atoms with Crippen molar-refractivity contribution in [1.29, 1.82) is 5.26 Å². The fourth-order valence-corrected chi connectivity index (χ4v) is 8.12. The zero-order valence-corrected chi connectivity index (χ0v) is 34.3. The molecule has 1 unspecified atom stereocenters. The van der Waals surface area contributed by atoms with Crippen molar-refractivity contribution in [1.82, 2.24) is 23.8 Å². The minimum Gasteiger partial charge on any atom is -0.459 e. The Hall–Kier alpha value is -3.78. The third kappa shape index (κ3) is 12.6. The maximum Gasteiger partial charge on any atom is 0.330 e. The number of aryl methyl sites for hydroxylation is 2. The van der Waals surface area contributed by atoms with Crippen LogP contribution in [0.25, 0.3) is 0 Å². The highest BCUT2D eigenvalue weighted by atomic mass is 31.2. The predicted octanol–water partition coefficient (Wildman–Crippen LogP) is 4.42. The summed E-state index contributed by atoms with van der Waals surface area (Å²) in [5.74, 6) is -0.431. The maximum absolute atomic E-state index is 12.3. The zero-order chi connectivity index (χ0) is 41.0. The molecule has 0 bridgehead atoms. The monoisotopic (exact) mass is 792 g/mol. The summed E-state index contributed by atoms with van der Waals surface area (Å²) >= 11 is 0. The average Bonchev–Trinajstić information content (AvgIpc) is 3.73. The number of ketones is 1. The van der Waals surface area contributed by atoms with Gasteiger partial charge in [-0.25, -0.2) is 14.3 Å². The Bertz CT molecular complexity index is 1860. The Morgan fingerprint density at radius 1 is 0.873 bits per heavy atom. The summed E-state index contributed by atoms with van der Waals surface area (Å²) in [7, 11) is -1.41. The van der Waals surface area contributed by atoms with E-state index >= 15 is 0 Å². The summed E-state index contributed by atoms with van der Waals surface area (Å²) in [6, 6.07) is 2.49. The Morgan fingerprint density at radius 3 is 1.82 bits per heavy atom. The van der Waals surface area contributed by atoms with Crippen molar-refractivity contribution in [2.24, 2.45) is 0 Å². The standard InChI is InChI=1S/C20H33N4O5P.C17H24N2O6/c1-7-16-17(11-18(28-16)23-12-15(6)19(25)22-20(23)26)29-30(27-10-8-9-21)24(13(2)3)14(4)5;1-4-11(20)6-7-15(21)25-13-8-14(24-12(13)5-2)19-9-10(3)16(22)18-17(19)23/h12-14,16-18H,7-8,10-11H2,1-6H3,(H,22,25,26);9,12-14H,4-8H2,1-3H3,(H,18,22,23)/t16-,17-,18-,30?;12-,13-,14-/m11/s1. The van der Waals surface area contributed by atoms with Crippen LogP contribution in [0, 0.1) is 25.2 Å². The Kier molecular flexibility index (Phi) is 17.8. The highest BCUT2D eigenvalue weighted by Gasteiger charge is 2.41. The second-order valence-corrected chi connectivity index (χ2v) is 15.5. The van der Waals surface area contributed by atoms with Gasteiger partial charge in [-0.3, -0.25) is 38.3 Å². The molecule has 55 heavy (non-hydrogen) atoms. The summed E-state index contributed by atoms with van der Waals surface area (Å²) in [6.07, 6.45) is 3.55. The van der Waals surface area contributed by atoms with Crippen molar-refractivity contribution >= 4 is 20.3 Å². The van der Waals surface area contributed by atoms with Gasteiger partial charge in [0.25, 0.3) is 19.6 Å². The normalized spacial score (nSPS) is 22.7. The van der Waals surface area contributed by atoms with E-state index in [2.05, 4.69) is 48.4 Å². The number of carbonyl (C=O) groups excluding carboxylic acids is 2. The fraction of sp³-hybridized carbons (Fsp3) is 0.703. The van der Waals surface area contributed by atoms with E-state index in [-0.39, 0.29) is 49.0 Å². The van der Waals surface area contributed by atoms with E-state index in [4.69, 9.17) is 28.5 Å². The number of rotatable bonds is 17. The molecule has 0 saturated carbocycles. The number of nitriles is 1. The first-order chi connectivity index (χ1) is 26.0. The second kappa shape index (κ2) is 21.5. The van der Waals surface area contributed by atoms with Crippen LogP contribution < -0.4 is 22.5 Å². The molecule has 0 radical (unpaired) electrons. The van der Waals surface area contributed by atoms with E-state index in [0.29, 0.717) is 56.3 Å². The van der Waals surface area contributed by atoms with Gasteiger partial charge >= 0.3 is 17.3 Å². The van der Waals surface area contributed by atoms with Crippen molar-refractivity contribution in [3.63, 3.8) is 0 Å². The van der Waals surface area contributed by atoms with Crippen LogP contribution in [-0.4, -0.2) is 78.6 Å². The molecule has 4 rings (SSSR count). The molecular weight excluding hydrogens is 735 g/mol. The van der Waals surface area contributed by atoms with Crippen LogP contribution >= 0.6 is 8.53 Å². The van der Waals surface area contributed by atoms with Gasteiger partial charge in [-0.1, -0.05) is 20.8 Å². The number of aromatic amines is 2. The van der Waals surface area contributed by atoms with Crippen molar-refractivity contribution in [2.75, 3.05) is 6.61 Å². The van der Waals surface area contributed by atoms with Gasteiger partial charge in [-0.15, -0.1) is 0 Å². The molecule has 2 saturated heterocycles. The fourth-order valence-electron chi connectivity index (χ4n) is 6.36. The van der Waals surface area contributed by atoms with Gasteiger partial charge < -0.3 is 23.3 Å². The number of hydrogen-bond donors (Lipinski definition) is 2. The number of carbonyl (C=O) groups is 2. The van der Waals surface area contributed by atoms with Gasteiger partial charge in [0.1, 0.15) is 24.3 Å². The third-order valence-corrected chi connectivity index (χ3v) is 11.4. The van der Waals surface area contributed by atoms with Gasteiger partial charge in [0, 0.05) is 61.3 Å². The molecule has 306 valence electrons. The van der Waals surface area contributed by atoms with E-state index in [9.17, 15) is 28.8 Å². The third-order valence-electron chi connectivity index (χ3n) is 9.25. The Balaban J connectivity index is 0.000000300. The molecule has 2 aromatic heterocycles. The average molecular weight is 793 g/mol. The highest BCUT2D eigenvalue weighted by Crippen LogP contribution is 2.50. The number of nitrogens with zero attached hydrogens (tertiary/aromatic N) is 4. The lowest BCUT2D eigenvalue weighted by atomic mass is 10.1. The van der Waals surface area contributed by atoms with Crippen LogP contribution in [-0.2, 0) is 32.8 Å². The molecule has 4 heterocycles. The lowest BCUT2D eigenvalue weighted by Gasteiger charge is -2.37. The minimum absolute atomic E-state index is 0.0137. The molecule has 0 spiro atoms. The molecule has 17 nitrogen and oxygen atoms in total. The molecular formula is C37H57N6O11P. The molecule has 0 aliphatic carbocycles. The topological polar surface area (TPSA) is 217 Å². The van der Waals surface area contributed by atoms with Crippen molar-refractivity contribution in [2.45, 2.75) is 163 Å².